The number of aromatic nitrogens is 5. The first-order chi connectivity index (χ1) is 12.2. The molecule has 2 heterocycles. The van der Waals surface area contributed by atoms with E-state index in [4.69, 9.17) is 4.74 Å². The number of methoxy groups -OCH3 is 1. The summed E-state index contributed by atoms with van der Waals surface area (Å²) >= 11 is 0. The number of aromatic amines is 2. The molecule has 25 heavy (non-hydrogen) atoms. The molecular formula is C18H15N5O2. The number of hydrogen-bond donors (Lipinski definition) is 2. The molecule has 0 atom stereocenters. The summed E-state index contributed by atoms with van der Waals surface area (Å²) < 4.78 is 5.14. The van der Waals surface area contributed by atoms with Crippen LogP contribution in [0.3, 0.4) is 0 Å². The van der Waals surface area contributed by atoms with E-state index in [2.05, 4.69) is 25.1 Å². The van der Waals surface area contributed by atoms with E-state index in [1.54, 1.807) is 25.3 Å². The quantitative estimate of drug-likeness (QED) is 0.597. The van der Waals surface area contributed by atoms with Crippen molar-refractivity contribution in [3.63, 3.8) is 0 Å². The Kier molecular flexibility index (Phi) is 3.74. The van der Waals surface area contributed by atoms with Crippen LogP contribution in [0.1, 0.15) is 11.6 Å². The number of benzene rings is 2. The lowest BCUT2D eigenvalue weighted by Gasteiger charge is -2.03. The third-order valence-corrected chi connectivity index (χ3v) is 3.86. The molecule has 0 amide bonds. The van der Waals surface area contributed by atoms with Crippen LogP contribution in [0, 0.1) is 0 Å². The van der Waals surface area contributed by atoms with Gasteiger partial charge in [-0.05, 0) is 18.2 Å². The first-order valence-corrected chi connectivity index (χ1v) is 7.76. The van der Waals surface area contributed by atoms with E-state index in [1.165, 1.54) is 0 Å². The molecule has 124 valence electrons. The van der Waals surface area contributed by atoms with E-state index in [0.29, 0.717) is 40.5 Å². The number of nitrogens with one attached hydrogen (secondary N) is 2. The molecular weight excluding hydrogens is 318 g/mol. The molecule has 4 aromatic rings. The van der Waals surface area contributed by atoms with Crippen molar-refractivity contribution in [1.29, 1.82) is 0 Å². The molecule has 7 heteroatoms. The largest absolute Gasteiger partial charge is 0.497 e. The van der Waals surface area contributed by atoms with Crippen LogP contribution in [0.2, 0.25) is 0 Å². The van der Waals surface area contributed by atoms with Crippen molar-refractivity contribution < 1.29 is 4.74 Å². The summed E-state index contributed by atoms with van der Waals surface area (Å²) in [6.45, 7) is 0. The van der Waals surface area contributed by atoms with E-state index in [9.17, 15) is 4.79 Å². The Morgan fingerprint density at radius 2 is 1.88 bits per heavy atom. The number of fused-ring (bicyclic) bond motifs is 1. The van der Waals surface area contributed by atoms with Gasteiger partial charge in [0.15, 0.2) is 5.82 Å². The van der Waals surface area contributed by atoms with Crippen LogP contribution in [-0.2, 0) is 6.42 Å². The highest BCUT2D eigenvalue weighted by atomic mass is 16.5. The number of H-pyrrole nitrogens is 2. The highest BCUT2D eigenvalue weighted by Crippen LogP contribution is 2.17. The van der Waals surface area contributed by atoms with Gasteiger partial charge < -0.3 is 9.72 Å². The molecule has 2 N–H and O–H groups in total. The lowest BCUT2D eigenvalue weighted by molar-refractivity contribution is 0.415. The molecule has 0 saturated heterocycles. The first kappa shape index (κ1) is 15.1. The standard InChI is InChI=1S/C18H15N5O2/c1-25-12-7-8-14-13(9-12)18(24)21-15(19-14)10-16-20-17(23-22-16)11-5-3-2-4-6-11/h2-9H,10H2,1H3,(H,19,21,24)(H,20,22,23). The number of hydrogen-bond acceptors (Lipinski definition) is 5. The minimum atomic E-state index is -0.207. The fourth-order valence-electron chi connectivity index (χ4n) is 2.63. The smallest absolute Gasteiger partial charge is 0.258 e. The normalized spacial score (nSPS) is 10.9. The molecule has 0 spiro atoms. The molecule has 0 saturated carbocycles. The molecule has 0 radical (unpaired) electrons. The monoisotopic (exact) mass is 333 g/mol. The molecule has 0 unspecified atom stereocenters. The van der Waals surface area contributed by atoms with E-state index < -0.39 is 0 Å². The van der Waals surface area contributed by atoms with Crippen molar-refractivity contribution in [1.82, 2.24) is 25.1 Å². The van der Waals surface area contributed by atoms with Gasteiger partial charge in [-0.25, -0.2) is 9.97 Å². The van der Waals surface area contributed by atoms with Crippen molar-refractivity contribution in [2.75, 3.05) is 7.11 Å². The van der Waals surface area contributed by atoms with Crippen LogP contribution in [0.25, 0.3) is 22.3 Å². The highest BCUT2D eigenvalue weighted by molar-refractivity contribution is 5.79. The fourth-order valence-corrected chi connectivity index (χ4v) is 2.63. The molecule has 0 aliphatic rings. The molecule has 7 nitrogen and oxygen atoms in total. The molecule has 4 rings (SSSR count). The Hall–Kier alpha value is -3.48. The minimum Gasteiger partial charge on any atom is -0.497 e. The Morgan fingerprint density at radius 1 is 1.04 bits per heavy atom. The van der Waals surface area contributed by atoms with E-state index in [-0.39, 0.29) is 5.56 Å². The zero-order valence-corrected chi connectivity index (χ0v) is 13.5. The van der Waals surface area contributed by atoms with Gasteiger partial charge in [-0.15, -0.1) is 0 Å². The first-order valence-electron chi connectivity index (χ1n) is 7.76. The van der Waals surface area contributed by atoms with Crippen LogP contribution in [0.4, 0.5) is 0 Å². The SMILES string of the molecule is COc1ccc2nc(Cc3nc(-c4ccccc4)n[nH]3)[nH]c(=O)c2c1. The zero-order valence-electron chi connectivity index (χ0n) is 13.5. The van der Waals surface area contributed by atoms with Crippen molar-refractivity contribution in [3.8, 4) is 17.1 Å². The summed E-state index contributed by atoms with van der Waals surface area (Å²) in [7, 11) is 1.56. The molecule has 0 aliphatic carbocycles. The number of rotatable bonds is 4. The summed E-state index contributed by atoms with van der Waals surface area (Å²) in [5.74, 6) is 2.40. The van der Waals surface area contributed by atoms with Crippen LogP contribution in [0.5, 0.6) is 5.75 Å². The van der Waals surface area contributed by atoms with Crippen LogP contribution in [-0.4, -0.2) is 32.3 Å². The van der Waals surface area contributed by atoms with Gasteiger partial charge in [-0.2, -0.15) is 5.10 Å². The van der Waals surface area contributed by atoms with Gasteiger partial charge >= 0.3 is 0 Å². The number of ether oxygens (including phenoxy) is 1. The fraction of sp³-hybridized carbons (Fsp3) is 0.111. The lowest BCUT2D eigenvalue weighted by atomic mass is 10.2. The van der Waals surface area contributed by atoms with Gasteiger partial charge in [0.05, 0.1) is 24.4 Å². The van der Waals surface area contributed by atoms with Gasteiger partial charge in [0.1, 0.15) is 17.4 Å². The average molecular weight is 333 g/mol. The maximum atomic E-state index is 12.3. The molecule has 0 bridgehead atoms. The summed E-state index contributed by atoms with van der Waals surface area (Å²) in [5, 5.41) is 7.60. The molecule has 0 fully saturated rings. The van der Waals surface area contributed by atoms with Crippen molar-refractivity contribution >= 4 is 10.9 Å². The van der Waals surface area contributed by atoms with Gasteiger partial charge in [0.2, 0.25) is 0 Å². The predicted molar refractivity (Wildman–Crippen MR) is 93.5 cm³/mol. The highest BCUT2D eigenvalue weighted by Gasteiger charge is 2.10. The maximum Gasteiger partial charge on any atom is 0.258 e. The molecule has 2 aromatic carbocycles. The van der Waals surface area contributed by atoms with Crippen LogP contribution >= 0.6 is 0 Å². The second kappa shape index (κ2) is 6.20. The number of nitrogens with zero attached hydrogens (tertiary/aromatic N) is 3. The lowest BCUT2D eigenvalue weighted by Crippen LogP contribution is -2.12. The summed E-state index contributed by atoms with van der Waals surface area (Å²) in [6, 6.07) is 14.9. The Labute approximate surface area is 142 Å². The van der Waals surface area contributed by atoms with Crippen molar-refractivity contribution in [3.05, 3.63) is 70.5 Å². The van der Waals surface area contributed by atoms with Crippen LogP contribution in [0.15, 0.2) is 53.3 Å². The topological polar surface area (TPSA) is 96.6 Å². The summed E-state index contributed by atoms with van der Waals surface area (Å²) in [6.07, 6.45) is 0.358. The second-order valence-corrected chi connectivity index (χ2v) is 5.54. The third-order valence-electron chi connectivity index (χ3n) is 3.86. The van der Waals surface area contributed by atoms with Gasteiger partial charge in [0, 0.05) is 5.56 Å². The van der Waals surface area contributed by atoms with Crippen molar-refractivity contribution in [2.24, 2.45) is 0 Å². The van der Waals surface area contributed by atoms with Gasteiger partial charge in [-0.1, -0.05) is 30.3 Å². The Bertz CT molecular complexity index is 1090. The minimum absolute atomic E-state index is 0.207. The van der Waals surface area contributed by atoms with Crippen LogP contribution < -0.4 is 10.3 Å². The Balaban J connectivity index is 1.65. The Morgan fingerprint density at radius 3 is 2.68 bits per heavy atom. The van der Waals surface area contributed by atoms with Gasteiger partial charge in [-0.3, -0.25) is 9.89 Å². The average Bonchev–Trinajstić information content (AvgIpc) is 3.11. The molecule has 2 aromatic heterocycles. The maximum absolute atomic E-state index is 12.3. The third kappa shape index (κ3) is 2.99. The van der Waals surface area contributed by atoms with E-state index in [1.807, 2.05) is 30.3 Å². The second-order valence-electron chi connectivity index (χ2n) is 5.54. The van der Waals surface area contributed by atoms with Crippen molar-refractivity contribution in [2.45, 2.75) is 6.42 Å². The summed E-state index contributed by atoms with van der Waals surface area (Å²) in [5.41, 5.74) is 1.33. The van der Waals surface area contributed by atoms with E-state index in [0.717, 1.165) is 5.56 Å². The van der Waals surface area contributed by atoms with E-state index >= 15 is 0 Å². The predicted octanol–water partition coefficient (Wildman–Crippen LogP) is 2.31. The van der Waals surface area contributed by atoms with Gasteiger partial charge in [0.25, 0.3) is 5.56 Å². The zero-order chi connectivity index (χ0) is 17.2. The summed E-state index contributed by atoms with van der Waals surface area (Å²) in [4.78, 5) is 24.0. The molecule has 0 aliphatic heterocycles.